The Bertz CT molecular complexity index is 783. The van der Waals surface area contributed by atoms with Crippen molar-refractivity contribution in [2.24, 2.45) is 12.8 Å². The van der Waals surface area contributed by atoms with E-state index in [9.17, 15) is 9.59 Å². The molecule has 3 rings (SSSR count). The number of nitrogens with two attached hydrogens (primary N) is 1. The summed E-state index contributed by atoms with van der Waals surface area (Å²) in [5, 5.41) is 2.79. The summed E-state index contributed by atoms with van der Waals surface area (Å²) in [7, 11) is 1.89. The van der Waals surface area contributed by atoms with Gasteiger partial charge in [0.2, 0.25) is 11.8 Å². The maximum atomic E-state index is 13.1. The van der Waals surface area contributed by atoms with Gasteiger partial charge in [-0.05, 0) is 31.4 Å². The number of hydrogen-bond acceptors (Lipinski definition) is 4. The van der Waals surface area contributed by atoms with E-state index in [1.165, 1.54) is 0 Å². The highest BCUT2D eigenvalue weighted by molar-refractivity contribution is 6.00. The number of para-hydroxylation sites is 1. The largest absolute Gasteiger partial charge is 0.343 e. The lowest BCUT2D eigenvalue weighted by atomic mass is 10.1. The van der Waals surface area contributed by atoms with E-state index in [-0.39, 0.29) is 11.8 Å². The fraction of sp³-hybridized carbons (Fsp3) is 0.389. The first kappa shape index (κ1) is 17.2. The van der Waals surface area contributed by atoms with Crippen molar-refractivity contribution in [3.05, 3.63) is 48.0 Å². The van der Waals surface area contributed by atoms with Crippen LogP contribution in [0.4, 0.5) is 5.69 Å². The second-order valence-corrected chi connectivity index (χ2v) is 6.44. The van der Waals surface area contributed by atoms with E-state index in [0.717, 1.165) is 16.9 Å². The zero-order valence-corrected chi connectivity index (χ0v) is 14.5. The number of benzene rings is 1. The minimum atomic E-state index is -0.649. The Labute approximate surface area is 146 Å². The van der Waals surface area contributed by atoms with Gasteiger partial charge in [-0.3, -0.25) is 9.59 Å². The molecule has 7 heteroatoms. The highest BCUT2D eigenvalue weighted by atomic mass is 16.2. The molecule has 0 saturated heterocycles. The van der Waals surface area contributed by atoms with Gasteiger partial charge in [0.25, 0.3) is 0 Å². The molecule has 2 amide bonds. The van der Waals surface area contributed by atoms with Crippen molar-refractivity contribution in [1.29, 1.82) is 0 Å². The number of aromatic nitrogens is 2. The molecule has 1 aromatic heterocycles. The molecule has 2 aromatic rings. The molecule has 0 aliphatic carbocycles. The molecular formula is C18H23N5O2. The number of hydrogen-bond donors (Lipinski definition) is 2. The number of fused-ring (bicyclic) bond motifs is 1. The molecule has 3 N–H and O–H groups in total. The monoisotopic (exact) mass is 341 g/mol. The predicted octanol–water partition coefficient (Wildman–Crippen LogP) is 0.731. The summed E-state index contributed by atoms with van der Waals surface area (Å²) >= 11 is 0. The third-order valence-electron chi connectivity index (χ3n) is 4.52. The van der Waals surface area contributed by atoms with Gasteiger partial charge >= 0.3 is 0 Å². The van der Waals surface area contributed by atoms with Crippen LogP contribution >= 0.6 is 0 Å². The van der Waals surface area contributed by atoms with Gasteiger partial charge in [-0.1, -0.05) is 18.2 Å². The maximum Gasteiger partial charge on any atom is 0.249 e. The van der Waals surface area contributed by atoms with Crippen LogP contribution in [0.15, 0.2) is 36.8 Å². The average Bonchev–Trinajstić information content (AvgIpc) is 2.95. The topological polar surface area (TPSA) is 93.2 Å². The fourth-order valence-corrected chi connectivity index (χ4v) is 3.01. The minimum Gasteiger partial charge on any atom is -0.343 e. The molecule has 0 fully saturated rings. The van der Waals surface area contributed by atoms with Crippen molar-refractivity contribution in [3.63, 3.8) is 0 Å². The lowest BCUT2D eigenvalue weighted by Crippen LogP contribution is -2.51. The minimum absolute atomic E-state index is 0.125. The van der Waals surface area contributed by atoms with Gasteiger partial charge in [-0.2, -0.15) is 0 Å². The molecule has 0 spiro atoms. The van der Waals surface area contributed by atoms with Crippen LogP contribution in [0.25, 0.3) is 0 Å². The molecule has 7 nitrogen and oxygen atoms in total. The van der Waals surface area contributed by atoms with Gasteiger partial charge in [-0.25, -0.2) is 4.98 Å². The smallest absolute Gasteiger partial charge is 0.249 e. The summed E-state index contributed by atoms with van der Waals surface area (Å²) < 4.78 is 1.89. The lowest BCUT2D eigenvalue weighted by Gasteiger charge is -2.26. The molecule has 0 bridgehead atoms. The van der Waals surface area contributed by atoms with E-state index in [1.807, 2.05) is 35.9 Å². The third kappa shape index (κ3) is 3.56. The zero-order valence-electron chi connectivity index (χ0n) is 14.5. The number of carbonyl (C=O) groups excluding carboxylic acids is 2. The van der Waals surface area contributed by atoms with E-state index in [2.05, 4.69) is 10.3 Å². The summed E-state index contributed by atoms with van der Waals surface area (Å²) in [6.45, 7) is 2.01. The van der Waals surface area contributed by atoms with Crippen LogP contribution < -0.4 is 16.0 Å². The molecule has 2 atom stereocenters. The Morgan fingerprint density at radius 2 is 2.20 bits per heavy atom. The van der Waals surface area contributed by atoms with E-state index in [4.69, 9.17) is 5.73 Å². The number of rotatable bonds is 4. The summed E-state index contributed by atoms with van der Waals surface area (Å²) in [4.78, 5) is 31.0. The van der Waals surface area contributed by atoms with Gasteiger partial charge in [0, 0.05) is 18.9 Å². The molecule has 2 heterocycles. The lowest BCUT2D eigenvalue weighted by molar-refractivity contribution is -0.128. The molecule has 132 valence electrons. The predicted molar refractivity (Wildman–Crippen MR) is 94.7 cm³/mol. The normalized spacial score (nSPS) is 18.4. The first-order valence-electron chi connectivity index (χ1n) is 8.38. The molecular weight excluding hydrogens is 318 g/mol. The standard InChI is InChI=1S/C18H23N5O2/c1-12(19)17(24)21-15-8-7-13-5-3-4-6-16(13)23(18(15)25)10-14-9-20-11-22(14)2/h3-6,9,11-12,15H,7-8,10,19H2,1-2H3,(H,21,24)/t12?,15-/m0/s1. The van der Waals surface area contributed by atoms with Gasteiger partial charge in [0.15, 0.2) is 0 Å². The van der Waals surface area contributed by atoms with Gasteiger partial charge in [0.1, 0.15) is 6.04 Å². The van der Waals surface area contributed by atoms with Crippen LogP contribution in [0, 0.1) is 0 Å². The Morgan fingerprint density at radius 3 is 2.88 bits per heavy atom. The highest BCUT2D eigenvalue weighted by Crippen LogP contribution is 2.28. The molecule has 0 saturated carbocycles. The van der Waals surface area contributed by atoms with Crippen LogP contribution in [-0.2, 0) is 29.6 Å². The number of amides is 2. The van der Waals surface area contributed by atoms with E-state index in [0.29, 0.717) is 19.4 Å². The van der Waals surface area contributed by atoms with Crippen LogP contribution in [0.3, 0.4) is 0 Å². The van der Waals surface area contributed by atoms with Crippen LogP contribution in [0.1, 0.15) is 24.6 Å². The first-order chi connectivity index (χ1) is 12.0. The van der Waals surface area contributed by atoms with Crippen LogP contribution in [0.5, 0.6) is 0 Å². The number of imidazole rings is 1. The van der Waals surface area contributed by atoms with E-state index >= 15 is 0 Å². The van der Waals surface area contributed by atoms with Crippen molar-refractivity contribution in [3.8, 4) is 0 Å². The zero-order chi connectivity index (χ0) is 18.0. The quantitative estimate of drug-likeness (QED) is 0.857. The third-order valence-corrected chi connectivity index (χ3v) is 4.52. The molecule has 0 radical (unpaired) electrons. The van der Waals surface area contributed by atoms with Crippen molar-refractivity contribution >= 4 is 17.5 Å². The Hall–Kier alpha value is -2.67. The number of anilines is 1. The molecule has 25 heavy (non-hydrogen) atoms. The summed E-state index contributed by atoms with van der Waals surface area (Å²) in [5.74, 6) is -0.440. The summed E-state index contributed by atoms with van der Waals surface area (Å²) in [5.41, 5.74) is 8.53. The van der Waals surface area contributed by atoms with Crippen molar-refractivity contribution in [2.45, 2.75) is 38.4 Å². The van der Waals surface area contributed by atoms with Gasteiger partial charge in [0.05, 0.1) is 24.6 Å². The summed E-state index contributed by atoms with van der Waals surface area (Å²) in [6.07, 6.45) is 4.72. The van der Waals surface area contributed by atoms with Crippen molar-refractivity contribution < 1.29 is 9.59 Å². The fourth-order valence-electron chi connectivity index (χ4n) is 3.01. The number of nitrogens with zero attached hydrogens (tertiary/aromatic N) is 3. The second kappa shape index (κ2) is 7.06. The number of nitrogens with one attached hydrogen (secondary N) is 1. The second-order valence-electron chi connectivity index (χ2n) is 6.44. The van der Waals surface area contributed by atoms with Crippen LogP contribution in [-0.4, -0.2) is 33.4 Å². The first-order valence-corrected chi connectivity index (χ1v) is 8.38. The summed E-state index contributed by atoms with van der Waals surface area (Å²) in [6, 6.07) is 6.62. The molecule has 1 aliphatic rings. The average molecular weight is 341 g/mol. The number of carbonyl (C=O) groups is 2. The van der Waals surface area contributed by atoms with E-state index in [1.54, 1.807) is 24.3 Å². The SMILES string of the molecule is CC(N)C(=O)N[C@H]1CCc2ccccc2N(Cc2cncn2C)C1=O. The Balaban J connectivity index is 1.93. The van der Waals surface area contributed by atoms with Gasteiger partial charge in [-0.15, -0.1) is 0 Å². The maximum absolute atomic E-state index is 13.1. The Morgan fingerprint density at radius 1 is 1.44 bits per heavy atom. The number of aryl methyl sites for hydroxylation is 2. The Kier molecular flexibility index (Phi) is 4.85. The molecule has 1 aromatic carbocycles. The highest BCUT2D eigenvalue weighted by Gasteiger charge is 2.32. The molecule has 1 unspecified atom stereocenters. The van der Waals surface area contributed by atoms with Crippen molar-refractivity contribution in [2.75, 3.05) is 4.90 Å². The van der Waals surface area contributed by atoms with E-state index < -0.39 is 12.1 Å². The van der Waals surface area contributed by atoms with Crippen LogP contribution in [0.2, 0.25) is 0 Å². The van der Waals surface area contributed by atoms with Gasteiger partial charge < -0.3 is 20.5 Å². The van der Waals surface area contributed by atoms with Crippen molar-refractivity contribution in [1.82, 2.24) is 14.9 Å². The molecule has 1 aliphatic heterocycles.